The van der Waals surface area contributed by atoms with Crippen LogP contribution in [-0.2, 0) is 0 Å². The van der Waals surface area contributed by atoms with Crippen LogP contribution in [-0.4, -0.2) is 5.71 Å². The molecule has 0 aliphatic rings. The van der Waals surface area contributed by atoms with Gasteiger partial charge in [0.1, 0.15) is 0 Å². The van der Waals surface area contributed by atoms with Gasteiger partial charge in [0.25, 0.3) is 0 Å². The second-order valence-corrected chi connectivity index (χ2v) is 3.59. The molecule has 0 spiro atoms. The lowest BCUT2D eigenvalue weighted by molar-refractivity contribution is 0.509. The Kier molecular flexibility index (Phi) is 6.19. The van der Waals surface area contributed by atoms with Crippen molar-refractivity contribution in [2.75, 3.05) is 0 Å². The van der Waals surface area contributed by atoms with Crippen molar-refractivity contribution in [3.63, 3.8) is 0 Å². The topological polar surface area (TPSA) is 23.9 Å². The Labute approximate surface area is 70.7 Å². The van der Waals surface area contributed by atoms with Crippen molar-refractivity contribution >= 4 is 5.71 Å². The van der Waals surface area contributed by atoms with Crippen molar-refractivity contribution in [1.29, 1.82) is 5.41 Å². The maximum atomic E-state index is 7.31. The van der Waals surface area contributed by atoms with Crippen LogP contribution in [0, 0.1) is 11.3 Å². The van der Waals surface area contributed by atoms with E-state index in [2.05, 4.69) is 13.8 Å². The van der Waals surface area contributed by atoms with Gasteiger partial charge < -0.3 is 5.41 Å². The van der Waals surface area contributed by atoms with E-state index >= 15 is 0 Å². The first-order chi connectivity index (χ1) is 5.16. The molecule has 0 aliphatic carbocycles. The molecular weight excluding hydrogens is 134 g/mol. The van der Waals surface area contributed by atoms with Crippen LogP contribution in [0.4, 0.5) is 0 Å². The Bertz CT molecular complexity index is 107. The minimum Gasteiger partial charge on any atom is -0.310 e. The van der Waals surface area contributed by atoms with Gasteiger partial charge in [0.15, 0.2) is 0 Å². The van der Waals surface area contributed by atoms with Crippen molar-refractivity contribution in [3.05, 3.63) is 0 Å². The molecule has 1 unspecified atom stereocenters. The van der Waals surface area contributed by atoms with Crippen molar-refractivity contribution in [2.45, 2.75) is 52.9 Å². The van der Waals surface area contributed by atoms with Gasteiger partial charge in [0.2, 0.25) is 0 Å². The molecule has 11 heavy (non-hydrogen) atoms. The molecule has 0 aromatic carbocycles. The van der Waals surface area contributed by atoms with Crippen molar-refractivity contribution in [3.8, 4) is 0 Å². The lowest BCUT2D eigenvalue weighted by atomic mass is 9.98. The van der Waals surface area contributed by atoms with Crippen LogP contribution in [0.5, 0.6) is 0 Å². The zero-order valence-electron chi connectivity index (χ0n) is 8.11. The maximum absolute atomic E-state index is 7.31. The average Bonchev–Trinajstić information content (AvgIpc) is 1.86. The molecule has 0 amide bonds. The van der Waals surface area contributed by atoms with E-state index in [-0.39, 0.29) is 0 Å². The van der Waals surface area contributed by atoms with E-state index in [4.69, 9.17) is 5.41 Å². The Morgan fingerprint density at radius 1 is 1.36 bits per heavy atom. The van der Waals surface area contributed by atoms with E-state index in [0.717, 1.165) is 18.1 Å². The van der Waals surface area contributed by atoms with Gasteiger partial charge >= 0.3 is 0 Å². The predicted molar refractivity (Wildman–Crippen MR) is 51.3 cm³/mol. The molecule has 0 bridgehead atoms. The SMILES string of the molecule is CCCCCC(C)CC(C)=N. The highest BCUT2D eigenvalue weighted by molar-refractivity contribution is 5.78. The summed E-state index contributed by atoms with van der Waals surface area (Å²) in [7, 11) is 0. The molecule has 0 radical (unpaired) electrons. The van der Waals surface area contributed by atoms with E-state index < -0.39 is 0 Å². The van der Waals surface area contributed by atoms with Crippen LogP contribution in [0.1, 0.15) is 52.9 Å². The summed E-state index contributed by atoms with van der Waals surface area (Å²) in [5.41, 5.74) is 0.828. The van der Waals surface area contributed by atoms with Crippen LogP contribution in [0.15, 0.2) is 0 Å². The number of unbranched alkanes of at least 4 members (excludes halogenated alkanes) is 2. The highest BCUT2D eigenvalue weighted by Gasteiger charge is 2.01. The van der Waals surface area contributed by atoms with Gasteiger partial charge in [0, 0.05) is 5.71 Å². The first kappa shape index (κ1) is 10.7. The molecule has 0 aromatic heterocycles. The van der Waals surface area contributed by atoms with Gasteiger partial charge in [-0.1, -0.05) is 39.5 Å². The lowest BCUT2D eigenvalue weighted by Gasteiger charge is -2.08. The number of rotatable bonds is 6. The molecule has 1 heteroatoms. The predicted octanol–water partition coefficient (Wildman–Crippen LogP) is 3.63. The first-order valence-electron chi connectivity index (χ1n) is 4.70. The molecule has 66 valence electrons. The third-order valence-corrected chi connectivity index (χ3v) is 1.96. The highest BCUT2D eigenvalue weighted by Crippen LogP contribution is 2.12. The summed E-state index contributed by atoms with van der Waals surface area (Å²) in [4.78, 5) is 0. The fourth-order valence-electron chi connectivity index (χ4n) is 1.37. The summed E-state index contributed by atoms with van der Waals surface area (Å²) >= 11 is 0. The van der Waals surface area contributed by atoms with Crippen LogP contribution in [0.3, 0.4) is 0 Å². The summed E-state index contributed by atoms with van der Waals surface area (Å²) < 4.78 is 0. The fraction of sp³-hybridized carbons (Fsp3) is 0.900. The quantitative estimate of drug-likeness (QED) is 0.447. The molecule has 0 aromatic rings. The smallest absolute Gasteiger partial charge is 0.00608 e. The molecule has 0 fully saturated rings. The largest absolute Gasteiger partial charge is 0.310 e. The van der Waals surface area contributed by atoms with E-state index in [1.807, 2.05) is 6.92 Å². The van der Waals surface area contributed by atoms with Crippen LogP contribution < -0.4 is 0 Å². The molecule has 0 aliphatic heterocycles. The molecule has 1 N–H and O–H groups in total. The first-order valence-corrected chi connectivity index (χ1v) is 4.70. The zero-order valence-corrected chi connectivity index (χ0v) is 8.11. The van der Waals surface area contributed by atoms with Crippen LogP contribution in [0.25, 0.3) is 0 Å². The molecule has 0 saturated heterocycles. The summed E-state index contributed by atoms with van der Waals surface area (Å²) in [6.45, 7) is 6.37. The van der Waals surface area contributed by atoms with Gasteiger partial charge in [0.05, 0.1) is 0 Å². The summed E-state index contributed by atoms with van der Waals surface area (Å²) in [5, 5.41) is 7.31. The minimum absolute atomic E-state index is 0.721. The highest BCUT2D eigenvalue weighted by atomic mass is 14.4. The average molecular weight is 155 g/mol. The van der Waals surface area contributed by atoms with E-state index in [1.54, 1.807) is 0 Å². The standard InChI is InChI=1S/C10H21N/c1-4-5-6-7-9(2)8-10(3)11/h9,11H,4-8H2,1-3H3. The second kappa shape index (κ2) is 6.38. The lowest BCUT2D eigenvalue weighted by Crippen LogP contribution is -2.00. The van der Waals surface area contributed by atoms with Crippen molar-refractivity contribution in [1.82, 2.24) is 0 Å². The maximum Gasteiger partial charge on any atom is 0.00608 e. The molecule has 0 saturated carbocycles. The van der Waals surface area contributed by atoms with E-state index in [1.165, 1.54) is 25.7 Å². The number of nitrogens with one attached hydrogen (secondary N) is 1. The summed E-state index contributed by atoms with van der Waals surface area (Å²) in [5.74, 6) is 0.721. The Morgan fingerprint density at radius 3 is 2.45 bits per heavy atom. The fourth-order valence-corrected chi connectivity index (χ4v) is 1.37. The molecule has 0 rings (SSSR count). The summed E-state index contributed by atoms with van der Waals surface area (Å²) in [6, 6.07) is 0. The van der Waals surface area contributed by atoms with Crippen LogP contribution >= 0.6 is 0 Å². The molecule has 1 nitrogen and oxygen atoms in total. The Balaban J connectivity index is 3.22. The third-order valence-electron chi connectivity index (χ3n) is 1.96. The van der Waals surface area contributed by atoms with Gasteiger partial charge in [-0.3, -0.25) is 0 Å². The van der Waals surface area contributed by atoms with Gasteiger partial charge in [-0.25, -0.2) is 0 Å². The molecular formula is C10H21N. The van der Waals surface area contributed by atoms with E-state index in [9.17, 15) is 0 Å². The summed E-state index contributed by atoms with van der Waals surface area (Å²) in [6.07, 6.45) is 6.27. The Morgan fingerprint density at radius 2 is 2.00 bits per heavy atom. The molecule has 1 atom stereocenters. The van der Waals surface area contributed by atoms with E-state index in [0.29, 0.717) is 0 Å². The monoisotopic (exact) mass is 155 g/mol. The van der Waals surface area contributed by atoms with Crippen molar-refractivity contribution < 1.29 is 0 Å². The normalized spacial score (nSPS) is 13.0. The Hall–Kier alpha value is -0.330. The minimum atomic E-state index is 0.721. The van der Waals surface area contributed by atoms with Gasteiger partial charge in [-0.05, 0) is 19.3 Å². The van der Waals surface area contributed by atoms with Gasteiger partial charge in [-0.2, -0.15) is 0 Å². The number of hydrogen-bond donors (Lipinski definition) is 1. The van der Waals surface area contributed by atoms with Crippen LogP contribution in [0.2, 0.25) is 0 Å². The van der Waals surface area contributed by atoms with Crippen molar-refractivity contribution in [2.24, 2.45) is 5.92 Å². The zero-order chi connectivity index (χ0) is 8.69. The third kappa shape index (κ3) is 7.57. The van der Waals surface area contributed by atoms with Gasteiger partial charge in [-0.15, -0.1) is 0 Å². The number of hydrogen-bond acceptors (Lipinski definition) is 1. The molecule has 0 heterocycles. The second-order valence-electron chi connectivity index (χ2n) is 3.59.